The normalized spacial score (nSPS) is 22.2. The van der Waals surface area contributed by atoms with Crippen LogP contribution in [0.3, 0.4) is 0 Å². The Balaban J connectivity index is 1.77. The first kappa shape index (κ1) is 17.1. The molecule has 2 aliphatic rings. The first-order valence-electron chi connectivity index (χ1n) is 8.49. The van der Waals surface area contributed by atoms with E-state index in [-0.39, 0.29) is 18.5 Å². The van der Waals surface area contributed by atoms with Gasteiger partial charge < -0.3 is 10.1 Å². The highest BCUT2D eigenvalue weighted by atomic mass is 32.2. The highest BCUT2D eigenvalue weighted by molar-refractivity contribution is 7.92. The predicted octanol–water partition coefficient (Wildman–Crippen LogP) is 2.05. The number of amides is 1. The fourth-order valence-electron chi connectivity index (χ4n) is 3.40. The van der Waals surface area contributed by atoms with Gasteiger partial charge in [-0.2, -0.15) is 0 Å². The Morgan fingerprint density at radius 3 is 2.58 bits per heavy atom. The van der Waals surface area contributed by atoms with Crippen LogP contribution >= 0.6 is 0 Å². The van der Waals surface area contributed by atoms with Crippen molar-refractivity contribution in [3.63, 3.8) is 0 Å². The Hall–Kier alpha value is -1.76. The highest BCUT2D eigenvalue weighted by Crippen LogP contribution is 2.33. The number of nitrogens with zero attached hydrogens (tertiary/aromatic N) is 1. The van der Waals surface area contributed by atoms with Crippen molar-refractivity contribution in [2.75, 3.05) is 17.1 Å². The number of carbonyl (C=O) groups excluding carboxylic acids is 1. The van der Waals surface area contributed by atoms with E-state index in [9.17, 15) is 13.2 Å². The number of anilines is 1. The molecule has 7 heteroatoms. The fraction of sp³-hybridized carbons (Fsp3) is 0.588. The number of hydrogen-bond acceptors (Lipinski definition) is 4. The summed E-state index contributed by atoms with van der Waals surface area (Å²) in [6.45, 7) is 0.235. The van der Waals surface area contributed by atoms with Crippen LogP contribution in [0.1, 0.15) is 38.5 Å². The molecule has 1 aromatic carbocycles. The van der Waals surface area contributed by atoms with Gasteiger partial charge in [-0.15, -0.1) is 0 Å². The van der Waals surface area contributed by atoms with Gasteiger partial charge in [-0.05, 0) is 25.0 Å². The van der Waals surface area contributed by atoms with Crippen molar-refractivity contribution in [1.82, 2.24) is 5.32 Å². The standard InChI is InChI=1S/C17H24N2O4S/c1-24(21,22)19-12-11-16(23-15-10-6-5-9-14(15)19)17(20)18-13-7-3-2-4-8-13/h5-6,9-10,13,16H,2-4,7-8,11-12H2,1H3,(H,18,20). The van der Waals surface area contributed by atoms with E-state index in [4.69, 9.17) is 4.74 Å². The molecular formula is C17H24N2O4S. The molecule has 1 N–H and O–H groups in total. The number of sulfonamides is 1. The smallest absolute Gasteiger partial charge is 0.261 e. The first-order valence-corrected chi connectivity index (χ1v) is 10.3. The van der Waals surface area contributed by atoms with Gasteiger partial charge in [0.05, 0.1) is 11.9 Å². The summed E-state index contributed by atoms with van der Waals surface area (Å²) in [5.41, 5.74) is 0.493. The average Bonchev–Trinajstić information content (AvgIpc) is 2.75. The molecule has 1 aliphatic heterocycles. The Kier molecular flexibility index (Phi) is 4.99. The molecule has 0 aromatic heterocycles. The summed E-state index contributed by atoms with van der Waals surface area (Å²) < 4.78 is 31.3. The van der Waals surface area contributed by atoms with Gasteiger partial charge in [0, 0.05) is 19.0 Å². The van der Waals surface area contributed by atoms with Crippen LogP contribution in [0.4, 0.5) is 5.69 Å². The van der Waals surface area contributed by atoms with E-state index in [1.54, 1.807) is 24.3 Å². The first-order chi connectivity index (χ1) is 11.4. The summed E-state index contributed by atoms with van der Waals surface area (Å²) in [5, 5.41) is 3.07. The molecule has 0 bridgehead atoms. The molecule has 3 rings (SSSR count). The van der Waals surface area contributed by atoms with Gasteiger partial charge >= 0.3 is 0 Å². The molecule has 0 saturated heterocycles. The fourth-order valence-corrected chi connectivity index (χ4v) is 4.35. The SMILES string of the molecule is CS(=O)(=O)N1CCC(C(=O)NC2CCCCC2)Oc2ccccc21. The zero-order chi connectivity index (χ0) is 17.2. The highest BCUT2D eigenvalue weighted by Gasteiger charge is 2.31. The number of ether oxygens (including phenoxy) is 1. The van der Waals surface area contributed by atoms with Gasteiger partial charge in [-0.25, -0.2) is 8.42 Å². The Labute approximate surface area is 143 Å². The van der Waals surface area contributed by atoms with Crippen LogP contribution in [0, 0.1) is 0 Å². The molecule has 1 amide bonds. The van der Waals surface area contributed by atoms with Gasteiger partial charge in [-0.3, -0.25) is 9.10 Å². The second-order valence-electron chi connectivity index (χ2n) is 6.54. The summed E-state index contributed by atoms with van der Waals surface area (Å²) in [7, 11) is -3.42. The van der Waals surface area contributed by atoms with Crippen LogP contribution in [0.25, 0.3) is 0 Å². The minimum Gasteiger partial charge on any atom is -0.478 e. The Morgan fingerprint density at radius 1 is 1.17 bits per heavy atom. The van der Waals surface area contributed by atoms with Gasteiger partial charge in [0.2, 0.25) is 10.0 Å². The van der Waals surface area contributed by atoms with Crippen molar-refractivity contribution in [3.05, 3.63) is 24.3 Å². The van der Waals surface area contributed by atoms with Crippen molar-refractivity contribution in [1.29, 1.82) is 0 Å². The number of rotatable bonds is 3. The maximum atomic E-state index is 12.6. The van der Waals surface area contributed by atoms with Crippen LogP contribution in [0.5, 0.6) is 5.75 Å². The lowest BCUT2D eigenvalue weighted by Gasteiger charge is -2.25. The number of carbonyl (C=O) groups is 1. The third-order valence-corrected chi connectivity index (χ3v) is 5.82. The summed E-state index contributed by atoms with van der Waals surface area (Å²) >= 11 is 0. The van der Waals surface area contributed by atoms with E-state index >= 15 is 0 Å². The number of nitrogens with one attached hydrogen (secondary N) is 1. The lowest BCUT2D eigenvalue weighted by Crippen LogP contribution is -2.45. The van der Waals surface area contributed by atoms with Gasteiger partial charge in [-0.1, -0.05) is 31.4 Å². The largest absolute Gasteiger partial charge is 0.478 e. The van der Waals surface area contributed by atoms with Crippen molar-refractivity contribution in [2.45, 2.75) is 50.7 Å². The zero-order valence-electron chi connectivity index (χ0n) is 13.9. The lowest BCUT2D eigenvalue weighted by atomic mass is 9.95. The van der Waals surface area contributed by atoms with E-state index in [1.807, 2.05) is 0 Å². The molecule has 1 atom stereocenters. The minimum absolute atomic E-state index is 0.146. The molecule has 1 aromatic rings. The molecule has 0 spiro atoms. The second-order valence-corrected chi connectivity index (χ2v) is 8.45. The van der Waals surface area contributed by atoms with E-state index in [2.05, 4.69) is 5.32 Å². The minimum atomic E-state index is -3.42. The topological polar surface area (TPSA) is 75.7 Å². The summed E-state index contributed by atoms with van der Waals surface area (Å²) in [6.07, 6.45) is 6.35. The van der Waals surface area contributed by atoms with Gasteiger partial charge in [0.15, 0.2) is 6.10 Å². The third-order valence-electron chi connectivity index (χ3n) is 4.64. The summed E-state index contributed by atoms with van der Waals surface area (Å²) in [5.74, 6) is 0.288. The molecule has 0 radical (unpaired) electrons. The van der Waals surface area contributed by atoms with Crippen molar-refractivity contribution >= 4 is 21.6 Å². The predicted molar refractivity (Wildman–Crippen MR) is 92.7 cm³/mol. The zero-order valence-corrected chi connectivity index (χ0v) is 14.7. The molecular weight excluding hydrogens is 328 g/mol. The average molecular weight is 352 g/mol. The van der Waals surface area contributed by atoms with E-state index in [0.29, 0.717) is 17.9 Å². The molecule has 1 unspecified atom stereocenters. The van der Waals surface area contributed by atoms with E-state index < -0.39 is 16.1 Å². The molecule has 1 heterocycles. The molecule has 1 aliphatic carbocycles. The van der Waals surface area contributed by atoms with Crippen LogP contribution < -0.4 is 14.4 Å². The van der Waals surface area contributed by atoms with Gasteiger partial charge in [0.1, 0.15) is 5.75 Å². The van der Waals surface area contributed by atoms with E-state index in [1.165, 1.54) is 17.0 Å². The Morgan fingerprint density at radius 2 is 1.88 bits per heavy atom. The summed E-state index contributed by atoms with van der Waals surface area (Å²) in [4.78, 5) is 12.6. The lowest BCUT2D eigenvalue weighted by molar-refractivity contribution is -0.129. The molecule has 1 fully saturated rings. The van der Waals surface area contributed by atoms with Crippen LogP contribution in [0.15, 0.2) is 24.3 Å². The molecule has 6 nitrogen and oxygen atoms in total. The molecule has 132 valence electrons. The summed E-state index contributed by atoms with van der Waals surface area (Å²) in [6, 6.07) is 7.17. The third kappa shape index (κ3) is 3.83. The number of benzene rings is 1. The second kappa shape index (κ2) is 7.01. The van der Waals surface area contributed by atoms with Crippen LogP contribution in [-0.4, -0.2) is 39.3 Å². The van der Waals surface area contributed by atoms with Gasteiger partial charge in [0.25, 0.3) is 5.91 Å². The maximum Gasteiger partial charge on any atom is 0.261 e. The number of para-hydroxylation sites is 2. The quantitative estimate of drug-likeness (QED) is 0.903. The maximum absolute atomic E-state index is 12.6. The Bertz CT molecular complexity index is 698. The molecule has 24 heavy (non-hydrogen) atoms. The van der Waals surface area contributed by atoms with Crippen LogP contribution in [-0.2, 0) is 14.8 Å². The molecule has 1 saturated carbocycles. The van der Waals surface area contributed by atoms with Crippen molar-refractivity contribution < 1.29 is 17.9 Å². The van der Waals surface area contributed by atoms with Crippen LogP contribution in [0.2, 0.25) is 0 Å². The van der Waals surface area contributed by atoms with E-state index in [0.717, 1.165) is 25.7 Å². The number of hydrogen-bond donors (Lipinski definition) is 1. The van der Waals surface area contributed by atoms with Crippen molar-refractivity contribution in [3.8, 4) is 5.75 Å². The number of fused-ring (bicyclic) bond motifs is 1. The van der Waals surface area contributed by atoms with Crippen molar-refractivity contribution in [2.24, 2.45) is 0 Å². The monoisotopic (exact) mass is 352 g/mol.